The van der Waals surface area contributed by atoms with Crippen LogP contribution in [0.15, 0.2) is 16.6 Å². The Bertz CT molecular complexity index is 352. The van der Waals surface area contributed by atoms with Crippen LogP contribution >= 0.6 is 43.5 Å². The Balaban J connectivity index is 3.38. The Kier molecular flexibility index (Phi) is 3.76. The molecule has 1 aromatic carbocycles. The minimum Gasteiger partial charge on any atom is -0.478 e. The molecule has 0 amide bonds. The van der Waals surface area contributed by atoms with Gasteiger partial charge in [-0.05, 0) is 17.7 Å². The van der Waals surface area contributed by atoms with Gasteiger partial charge >= 0.3 is 5.97 Å². The van der Waals surface area contributed by atoms with E-state index in [2.05, 4.69) is 31.9 Å². The van der Waals surface area contributed by atoms with Crippen LogP contribution in [0.2, 0.25) is 5.02 Å². The molecular formula is C8H5Br2ClO2. The first-order chi connectivity index (χ1) is 6.06. The van der Waals surface area contributed by atoms with Crippen molar-refractivity contribution in [2.45, 2.75) is 5.33 Å². The summed E-state index contributed by atoms with van der Waals surface area (Å²) in [7, 11) is 0. The van der Waals surface area contributed by atoms with Crippen LogP contribution in [0.25, 0.3) is 0 Å². The van der Waals surface area contributed by atoms with E-state index < -0.39 is 5.97 Å². The molecule has 0 spiro atoms. The quantitative estimate of drug-likeness (QED) is 0.841. The molecule has 0 radical (unpaired) electrons. The molecular weight excluding hydrogens is 323 g/mol. The molecule has 1 N–H and O–H groups in total. The van der Waals surface area contributed by atoms with Crippen molar-refractivity contribution in [2.75, 3.05) is 0 Å². The topological polar surface area (TPSA) is 37.3 Å². The average Bonchev–Trinajstić information content (AvgIpc) is 2.01. The second kappa shape index (κ2) is 4.44. The SMILES string of the molecule is O=C(O)c1c(Cl)cc(Br)cc1CBr. The molecule has 0 aromatic heterocycles. The van der Waals surface area contributed by atoms with Crippen molar-refractivity contribution in [1.29, 1.82) is 0 Å². The van der Waals surface area contributed by atoms with Crippen LogP contribution in [0.3, 0.4) is 0 Å². The molecule has 0 atom stereocenters. The summed E-state index contributed by atoms with van der Waals surface area (Å²) in [6, 6.07) is 3.29. The first-order valence-electron chi connectivity index (χ1n) is 3.33. The standard InChI is InChI=1S/C8H5Br2ClO2/c9-3-4-1-5(10)2-6(11)7(4)8(12)13/h1-2H,3H2,(H,12,13). The zero-order chi connectivity index (χ0) is 10.0. The van der Waals surface area contributed by atoms with E-state index in [4.69, 9.17) is 16.7 Å². The molecule has 0 saturated carbocycles. The molecule has 0 fully saturated rings. The van der Waals surface area contributed by atoms with Gasteiger partial charge in [0.25, 0.3) is 0 Å². The van der Waals surface area contributed by atoms with Crippen molar-refractivity contribution in [3.8, 4) is 0 Å². The van der Waals surface area contributed by atoms with Gasteiger partial charge in [0.05, 0.1) is 10.6 Å². The minimum atomic E-state index is -1.01. The third-order valence-corrected chi connectivity index (χ3v) is 2.85. The number of rotatable bonds is 2. The highest BCUT2D eigenvalue weighted by Crippen LogP contribution is 2.27. The predicted octanol–water partition coefficient (Wildman–Crippen LogP) is 3.70. The molecule has 2 nitrogen and oxygen atoms in total. The second-order valence-corrected chi connectivity index (χ2v) is 4.24. The Morgan fingerprint density at radius 2 is 2.15 bits per heavy atom. The number of carboxylic acids is 1. The van der Waals surface area contributed by atoms with Crippen LogP contribution in [0.1, 0.15) is 15.9 Å². The zero-order valence-corrected chi connectivity index (χ0v) is 10.3. The smallest absolute Gasteiger partial charge is 0.337 e. The fourth-order valence-electron chi connectivity index (χ4n) is 0.972. The first kappa shape index (κ1) is 11.0. The lowest BCUT2D eigenvalue weighted by molar-refractivity contribution is 0.0696. The summed E-state index contributed by atoms with van der Waals surface area (Å²) in [5.74, 6) is -1.01. The van der Waals surface area contributed by atoms with E-state index in [0.29, 0.717) is 10.9 Å². The fraction of sp³-hybridized carbons (Fsp3) is 0.125. The van der Waals surface area contributed by atoms with Gasteiger partial charge in [-0.2, -0.15) is 0 Å². The molecule has 0 aliphatic rings. The minimum absolute atomic E-state index is 0.154. The maximum Gasteiger partial charge on any atom is 0.337 e. The molecule has 70 valence electrons. The maximum absolute atomic E-state index is 10.8. The summed E-state index contributed by atoms with van der Waals surface area (Å²) in [5, 5.41) is 9.56. The van der Waals surface area contributed by atoms with Crippen molar-refractivity contribution >= 4 is 49.4 Å². The lowest BCUT2D eigenvalue weighted by Crippen LogP contribution is -2.02. The fourth-order valence-corrected chi connectivity index (χ4v) is 2.37. The number of hydrogen-bond acceptors (Lipinski definition) is 1. The number of alkyl halides is 1. The van der Waals surface area contributed by atoms with Crippen LogP contribution in [-0.2, 0) is 5.33 Å². The molecule has 0 unspecified atom stereocenters. The molecule has 0 aliphatic carbocycles. The predicted molar refractivity (Wildman–Crippen MR) is 58.7 cm³/mol. The summed E-state index contributed by atoms with van der Waals surface area (Å²) in [4.78, 5) is 10.8. The summed E-state index contributed by atoms with van der Waals surface area (Å²) in [6.45, 7) is 0. The zero-order valence-electron chi connectivity index (χ0n) is 6.35. The third-order valence-electron chi connectivity index (χ3n) is 1.49. The lowest BCUT2D eigenvalue weighted by atomic mass is 10.1. The monoisotopic (exact) mass is 326 g/mol. The van der Waals surface area contributed by atoms with Gasteiger partial charge in [0.1, 0.15) is 0 Å². The van der Waals surface area contributed by atoms with Crippen LogP contribution in [0, 0.1) is 0 Å². The van der Waals surface area contributed by atoms with Gasteiger partial charge in [0.2, 0.25) is 0 Å². The molecule has 1 aromatic rings. The van der Waals surface area contributed by atoms with E-state index in [-0.39, 0.29) is 10.6 Å². The van der Waals surface area contributed by atoms with Crippen molar-refractivity contribution in [3.05, 3.63) is 32.8 Å². The van der Waals surface area contributed by atoms with Gasteiger partial charge in [-0.3, -0.25) is 0 Å². The van der Waals surface area contributed by atoms with Gasteiger partial charge in [-0.25, -0.2) is 4.79 Å². The molecule has 1 rings (SSSR count). The normalized spacial score (nSPS) is 10.1. The molecule has 0 aliphatic heterocycles. The van der Waals surface area contributed by atoms with E-state index >= 15 is 0 Å². The maximum atomic E-state index is 10.8. The van der Waals surface area contributed by atoms with Gasteiger partial charge in [0, 0.05) is 9.80 Å². The van der Waals surface area contributed by atoms with Crippen LogP contribution < -0.4 is 0 Å². The molecule has 0 heterocycles. The number of aromatic carboxylic acids is 1. The molecule has 13 heavy (non-hydrogen) atoms. The third kappa shape index (κ3) is 2.45. The van der Waals surface area contributed by atoms with Gasteiger partial charge in [-0.15, -0.1) is 0 Å². The average molecular weight is 328 g/mol. The number of carboxylic acid groups (broad SMARTS) is 1. The van der Waals surface area contributed by atoms with Crippen molar-refractivity contribution in [1.82, 2.24) is 0 Å². The number of halogens is 3. The van der Waals surface area contributed by atoms with E-state index in [9.17, 15) is 4.79 Å². The van der Waals surface area contributed by atoms with Gasteiger partial charge < -0.3 is 5.11 Å². The van der Waals surface area contributed by atoms with Crippen LogP contribution in [0.4, 0.5) is 0 Å². The lowest BCUT2D eigenvalue weighted by Gasteiger charge is -2.05. The Morgan fingerprint density at radius 3 is 2.62 bits per heavy atom. The van der Waals surface area contributed by atoms with Crippen molar-refractivity contribution in [3.63, 3.8) is 0 Å². The van der Waals surface area contributed by atoms with E-state index in [1.54, 1.807) is 12.1 Å². The van der Waals surface area contributed by atoms with E-state index in [1.807, 2.05) is 0 Å². The van der Waals surface area contributed by atoms with E-state index in [0.717, 1.165) is 4.47 Å². The van der Waals surface area contributed by atoms with E-state index in [1.165, 1.54) is 0 Å². The van der Waals surface area contributed by atoms with Crippen LogP contribution in [-0.4, -0.2) is 11.1 Å². The van der Waals surface area contributed by atoms with Crippen molar-refractivity contribution in [2.24, 2.45) is 0 Å². The highest BCUT2D eigenvalue weighted by Gasteiger charge is 2.14. The Hall–Kier alpha value is -0.0600. The molecule has 0 saturated heterocycles. The number of hydrogen-bond donors (Lipinski definition) is 1. The first-order valence-corrected chi connectivity index (χ1v) is 5.62. The summed E-state index contributed by atoms with van der Waals surface area (Å²) >= 11 is 12.2. The highest BCUT2D eigenvalue weighted by molar-refractivity contribution is 9.10. The van der Waals surface area contributed by atoms with Gasteiger partial charge in [0.15, 0.2) is 0 Å². The summed E-state index contributed by atoms with van der Waals surface area (Å²) in [6.07, 6.45) is 0. The number of carbonyl (C=O) groups is 1. The number of benzene rings is 1. The Morgan fingerprint density at radius 1 is 1.54 bits per heavy atom. The molecule has 5 heteroatoms. The summed E-state index contributed by atoms with van der Waals surface area (Å²) in [5.41, 5.74) is 0.814. The van der Waals surface area contributed by atoms with Crippen LogP contribution in [0.5, 0.6) is 0 Å². The molecule has 0 bridgehead atoms. The van der Waals surface area contributed by atoms with Crippen molar-refractivity contribution < 1.29 is 9.90 Å². The second-order valence-electron chi connectivity index (χ2n) is 2.36. The highest BCUT2D eigenvalue weighted by atomic mass is 79.9. The largest absolute Gasteiger partial charge is 0.478 e. The Labute approximate surface area is 97.2 Å². The summed E-state index contributed by atoms with van der Waals surface area (Å²) < 4.78 is 0.775. The van der Waals surface area contributed by atoms with Gasteiger partial charge in [-0.1, -0.05) is 43.5 Å².